The van der Waals surface area contributed by atoms with Gasteiger partial charge in [-0.15, -0.1) is 5.10 Å². The van der Waals surface area contributed by atoms with Crippen LogP contribution in [0, 0.1) is 0 Å². The Morgan fingerprint density at radius 2 is 2.09 bits per heavy atom. The molecule has 180 valence electrons. The molecular weight excluding hydrogens is 470 g/mol. The third-order valence-corrected chi connectivity index (χ3v) is 7.36. The summed E-state index contributed by atoms with van der Waals surface area (Å²) in [5.74, 6) is 3.22. The minimum Gasteiger partial charge on any atom is -0.493 e. The SMILES string of the molecule is COc1ccc2cc3[n+](cc2c1OCC(O)CSc1nnnn1C)CCc1cc2c(cc1-3)OCO2. The molecule has 0 spiro atoms. The summed E-state index contributed by atoms with van der Waals surface area (Å²) in [6.07, 6.45) is 2.28. The van der Waals surface area contributed by atoms with Crippen LogP contribution in [0.2, 0.25) is 0 Å². The number of aryl methyl sites for hydroxylation is 3. The Balaban J connectivity index is 1.29. The van der Waals surface area contributed by atoms with Gasteiger partial charge in [0.25, 0.3) is 0 Å². The number of ether oxygens (including phenoxy) is 4. The first kappa shape index (κ1) is 21.9. The molecule has 0 fully saturated rings. The fourth-order valence-electron chi connectivity index (χ4n) is 4.45. The molecule has 4 aromatic rings. The molecule has 1 unspecified atom stereocenters. The number of thioether (sulfide) groups is 1. The summed E-state index contributed by atoms with van der Waals surface area (Å²) in [6, 6.07) is 10.2. The molecule has 0 radical (unpaired) electrons. The van der Waals surface area contributed by atoms with Gasteiger partial charge in [-0.2, -0.15) is 4.57 Å². The van der Waals surface area contributed by atoms with E-state index in [1.54, 1.807) is 18.8 Å². The zero-order valence-electron chi connectivity index (χ0n) is 19.3. The van der Waals surface area contributed by atoms with Crippen LogP contribution in [0.5, 0.6) is 23.0 Å². The second-order valence-corrected chi connectivity index (χ2v) is 9.41. The van der Waals surface area contributed by atoms with Gasteiger partial charge in [0.2, 0.25) is 17.6 Å². The number of hydrogen-bond donors (Lipinski definition) is 1. The van der Waals surface area contributed by atoms with Crippen LogP contribution in [0.4, 0.5) is 0 Å². The molecule has 2 aliphatic rings. The molecule has 0 saturated heterocycles. The van der Waals surface area contributed by atoms with Crippen LogP contribution in [0.25, 0.3) is 22.0 Å². The number of fused-ring (bicyclic) bond motifs is 5. The molecule has 4 heterocycles. The number of methoxy groups -OCH3 is 1. The van der Waals surface area contributed by atoms with Crippen molar-refractivity contribution in [2.24, 2.45) is 7.05 Å². The maximum Gasteiger partial charge on any atom is 0.231 e. The van der Waals surface area contributed by atoms with Gasteiger partial charge in [-0.25, -0.2) is 4.68 Å². The predicted molar refractivity (Wildman–Crippen MR) is 127 cm³/mol. The number of aromatic nitrogens is 5. The van der Waals surface area contributed by atoms with Crippen molar-refractivity contribution >= 4 is 22.5 Å². The third-order valence-electron chi connectivity index (χ3n) is 6.20. The Bertz CT molecular complexity index is 1430. The van der Waals surface area contributed by atoms with Gasteiger partial charge >= 0.3 is 0 Å². The monoisotopic (exact) mass is 494 g/mol. The Hall–Kier alpha value is -3.57. The lowest BCUT2D eigenvalue weighted by molar-refractivity contribution is -0.686. The van der Waals surface area contributed by atoms with Crippen molar-refractivity contribution < 1.29 is 28.6 Å². The summed E-state index contributed by atoms with van der Waals surface area (Å²) in [6.45, 7) is 1.21. The summed E-state index contributed by atoms with van der Waals surface area (Å²) >= 11 is 1.37. The van der Waals surface area contributed by atoms with Gasteiger partial charge in [0.15, 0.2) is 35.7 Å². The Morgan fingerprint density at radius 3 is 2.89 bits per heavy atom. The van der Waals surface area contributed by atoms with E-state index in [2.05, 4.69) is 44.5 Å². The standard InChI is InChI=1S/C24H24N5O5S/c1-28-24(25-26-27-28)35-12-16(30)11-32-23-18-10-29-6-5-15-8-21-22(34-13-33-21)9-17(15)19(29)7-14(18)3-4-20(23)31-2/h3-4,7-10,16,30H,5-6,11-13H2,1-2H3/q+1. The van der Waals surface area contributed by atoms with Gasteiger partial charge in [0, 0.05) is 25.3 Å². The average Bonchev–Trinajstić information content (AvgIpc) is 3.51. The van der Waals surface area contributed by atoms with E-state index >= 15 is 0 Å². The molecule has 1 atom stereocenters. The molecular formula is C24H24N5O5S+. The van der Waals surface area contributed by atoms with Crippen molar-refractivity contribution in [3.05, 3.63) is 42.1 Å². The number of aliphatic hydroxyl groups excluding tert-OH is 1. The zero-order valence-corrected chi connectivity index (χ0v) is 20.1. The van der Waals surface area contributed by atoms with Crippen molar-refractivity contribution in [2.45, 2.75) is 24.2 Å². The highest BCUT2D eigenvalue weighted by molar-refractivity contribution is 7.99. The molecule has 11 heteroatoms. The number of pyridine rings is 1. The minimum atomic E-state index is -0.710. The number of hydrogen-bond acceptors (Lipinski definition) is 9. The topological polar surface area (TPSA) is 105 Å². The Kier molecular flexibility index (Phi) is 5.57. The molecule has 2 aromatic carbocycles. The van der Waals surface area contributed by atoms with Crippen LogP contribution in [-0.2, 0) is 20.0 Å². The second-order valence-electron chi connectivity index (χ2n) is 8.43. The fraction of sp³-hybridized carbons (Fsp3) is 0.333. The summed E-state index contributed by atoms with van der Waals surface area (Å²) < 4.78 is 26.7. The van der Waals surface area contributed by atoms with Crippen LogP contribution in [0.3, 0.4) is 0 Å². The van der Waals surface area contributed by atoms with Crippen molar-refractivity contribution in [1.82, 2.24) is 20.2 Å². The van der Waals surface area contributed by atoms with Gasteiger partial charge < -0.3 is 24.1 Å². The maximum absolute atomic E-state index is 10.5. The summed E-state index contributed by atoms with van der Waals surface area (Å²) in [7, 11) is 3.38. The van der Waals surface area contributed by atoms with Crippen LogP contribution >= 0.6 is 11.8 Å². The lowest BCUT2D eigenvalue weighted by Crippen LogP contribution is -2.40. The van der Waals surface area contributed by atoms with E-state index in [-0.39, 0.29) is 13.4 Å². The van der Waals surface area contributed by atoms with Crippen LogP contribution < -0.4 is 23.5 Å². The second kappa shape index (κ2) is 8.90. The first-order valence-corrected chi connectivity index (χ1v) is 12.2. The number of rotatable bonds is 7. The molecule has 2 aliphatic heterocycles. The number of tetrazole rings is 1. The Labute approximate surface area is 205 Å². The molecule has 1 N–H and O–H groups in total. The number of nitrogens with zero attached hydrogens (tertiary/aromatic N) is 5. The van der Waals surface area contributed by atoms with Crippen molar-refractivity contribution in [1.29, 1.82) is 0 Å². The van der Waals surface area contributed by atoms with Gasteiger partial charge in [-0.3, -0.25) is 0 Å². The minimum absolute atomic E-state index is 0.113. The smallest absolute Gasteiger partial charge is 0.231 e. The highest BCUT2D eigenvalue weighted by Crippen LogP contribution is 2.41. The van der Waals surface area contributed by atoms with Crippen LogP contribution in [0.1, 0.15) is 5.56 Å². The van der Waals surface area contributed by atoms with Gasteiger partial charge in [-0.1, -0.05) is 11.8 Å². The van der Waals surface area contributed by atoms with Crippen LogP contribution in [0.15, 0.2) is 41.7 Å². The van der Waals surface area contributed by atoms with Crippen molar-refractivity contribution in [2.75, 3.05) is 26.3 Å². The molecule has 0 aliphatic carbocycles. The first-order chi connectivity index (χ1) is 17.1. The van der Waals surface area contributed by atoms with E-state index in [1.807, 2.05) is 12.1 Å². The summed E-state index contributed by atoms with van der Waals surface area (Å²) in [4.78, 5) is 0. The Morgan fingerprint density at radius 1 is 1.23 bits per heavy atom. The largest absolute Gasteiger partial charge is 0.493 e. The zero-order chi connectivity index (χ0) is 23.9. The first-order valence-electron chi connectivity index (χ1n) is 11.2. The number of aliphatic hydroxyl groups is 1. The van der Waals surface area contributed by atoms with Gasteiger partial charge in [0.05, 0.1) is 24.2 Å². The normalized spacial score (nSPS) is 14.5. The summed E-state index contributed by atoms with van der Waals surface area (Å²) in [5.41, 5.74) is 3.51. The van der Waals surface area contributed by atoms with E-state index in [0.717, 1.165) is 46.5 Å². The van der Waals surface area contributed by atoms with E-state index in [1.165, 1.54) is 17.3 Å². The van der Waals surface area contributed by atoms with E-state index < -0.39 is 6.10 Å². The van der Waals surface area contributed by atoms with Gasteiger partial charge in [0.1, 0.15) is 6.61 Å². The van der Waals surface area contributed by atoms with Crippen molar-refractivity contribution in [3.8, 4) is 34.3 Å². The molecule has 35 heavy (non-hydrogen) atoms. The third kappa shape index (κ3) is 4.00. The van der Waals surface area contributed by atoms with E-state index in [9.17, 15) is 5.11 Å². The molecule has 0 saturated carbocycles. The lowest BCUT2D eigenvalue weighted by Gasteiger charge is -2.18. The molecule has 2 aromatic heterocycles. The van der Waals surface area contributed by atoms with Gasteiger partial charge in [-0.05, 0) is 45.6 Å². The molecule has 6 rings (SSSR count). The van der Waals surface area contributed by atoms with Crippen molar-refractivity contribution in [3.63, 3.8) is 0 Å². The molecule has 0 amide bonds. The highest BCUT2D eigenvalue weighted by Gasteiger charge is 2.28. The predicted octanol–water partition coefficient (Wildman–Crippen LogP) is 2.14. The average molecular weight is 495 g/mol. The van der Waals surface area contributed by atoms with E-state index in [4.69, 9.17) is 18.9 Å². The molecule has 0 bridgehead atoms. The quantitative estimate of drug-likeness (QED) is 0.306. The molecule has 10 nitrogen and oxygen atoms in total. The summed E-state index contributed by atoms with van der Waals surface area (Å²) in [5, 5.41) is 24.4. The van der Waals surface area contributed by atoms with Crippen LogP contribution in [-0.4, -0.2) is 57.7 Å². The maximum atomic E-state index is 10.5. The van der Waals surface area contributed by atoms with E-state index in [0.29, 0.717) is 22.4 Å². The lowest BCUT2D eigenvalue weighted by atomic mass is 9.95. The highest BCUT2D eigenvalue weighted by atomic mass is 32.2. The number of benzene rings is 2. The fourth-order valence-corrected chi connectivity index (χ4v) is 5.20.